The number of hydrogen-bond donors (Lipinski definition) is 1. The third kappa shape index (κ3) is 5.73. The third-order valence-electron chi connectivity index (χ3n) is 3.82. The van der Waals surface area contributed by atoms with Crippen molar-refractivity contribution >= 4 is 45.3 Å². The maximum atomic E-state index is 6.14. The molecule has 0 saturated carbocycles. The lowest BCUT2D eigenvalue weighted by Gasteiger charge is -2.09. The summed E-state index contributed by atoms with van der Waals surface area (Å²) in [6.45, 7) is 0.974. The molecule has 0 aliphatic carbocycles. The van der Waals surface area contributed by atoms with Gasteiger partial charge in [-0.3, -0.25) is 0 Å². The molecule has 0 aliphatic heterocycles. The van der Waals surface area contributed by atoms with Crippen molar-refractivity contribution in [3.8, 4) is 5.75 Å². The van der Waals surface area contributed by atoms with Crippen LogP contribution in [0.3, 0.4) is 0 Å². The van der Waals surface area contributed by atoms with Gasteiger partial charge in [0, 0.05) is 15.6 Å². The lowest BCUT2D eigenvalue weighted by Crippen LogP contribution is -2.06. The Hall–Kier alpha value is -2.01. The molecule has 0 heterocycles. The van der Waals surface area contributed by atoms with Gasteiger partial charge in [-0.2, -0.15) is 5.10 Å². The van der Waals surface area contributed by atoms with E-state index in [4.69, 9.17) is 27.9 Å². The van der Waals surface area contributed by atoms with Crippen LogP contribution in [0.15, 0.2) is 76.3 Å². The highest BCUT2D eigenvalue weighted by molar-refractivity contribution is 9.10. The normalized spacial score (nSPS) is 10.9. The van der Waals surface area contributed by atoms with Crippen molar-refractivity contribution in [3.05, 3.63) is 97.9 Å². The molecule has 0 atom stereocenters. The summed E-state index contributed by atoms with van der Waals surface area (Å²) in [6, 6.07) is 21.3. The average molecular weight is 464 g/mol. The van der Waals surface area contributed by atoms with Gasteiger partial charge < -0.3 is 10.2 Å². The SMILES string of the molecule is Clc1cccc(Cl)c1CN/N=C\c1ccc(OCc2ccccc2)c(Br)c1. The second kappa shape index (κ2) is 9.79. The lowest BCUT2D eigenvalue weighted by molar-refractivity contribution is 0.304. The molecule has 0 fully saturated rings. The number of halogens is 3. The van der Waals surface area contributed by atoms with E-state index in [-0.39, 0.29) is 0 Å². The maximum absolute atomic E-state index is 6.14. The highest BCUT2D eigenvalue weighted by atomic mass is 79.9. The number of benzene rings is 3. The first-order valence-corrected chi connectivity index (χ1v) is 9.83. The van der Waals surface area contributed by atoms with Crippen LogP contribution in [0.1, 0.15) is 16.7 Å². The van der Waals surface area contributed by atoms with Crippen molar-refractivity contribution in [1.82, 2.24) is 5.43 Å². The van der Waals surface area contributed by atoms with E-state index in [1.165, 1.54) is 0 Å². The number of hydrogen-bond acceptors (Lipinski definition) is 3. The molecule has 0 spiro atoms. The molecule has 3 nitrogen and oxygen atoms in total. The molecule has 0 radical (unpaired) electrons. The number of nitrogens with one attached hydrogen (secondary N) is 1. The summed E-state index contributed by atoms with van der Waals surface area (Å²) in [5, 5.41) is 5.47. The van der Waals surface area contributed by atoms with E-state index in [0.29, 0.717) is 23.2 Å². The van der Waals surface area contributed by atoms with Crippen molar-refractivity contribution < 1.29 is 4.74 Å². The van der Waals surface area contributed by atoms with Crippen LogP contribution in [-0.2, 0) is 13.2 Å². The summed E-state index contributed by atoms with van der Waals surface area (Å²) >= 11 is 15.8. The fraction of sp³-hybridized carbons (Fsp3) is 0.0952. The second-order valence-electron chi connectivity index (χ2n) is 5.76. The Bertz CT molecular complexity index is 912. The number of hydrazone groups is 1. The Kier molecular flexibility index (Phi) is 7.16. The van der Waals surface area contributed by atoms with Gasteiger partial charge in [-0.05, 0) is 57.4 Å². The zero-order valence-corrected chi connectivity index (χ0v) is 17.4. The molecule has 27 heavy (non-hydrogen) atoms. The van der Waals surface area contributed by atoms with Crippen LogP contribution >= 0.6 is 39.1 Å². The average Bonchev–Trinajstić information content (AvgIpc) is 2.67. The van der Waals surface area contributed by atoms with E-state index in [2.05, 4.69) is 26.5 Å². The smallest absolute Gasteiger partial charge is 0.134 e. The van der Waals surface area contributed by atoms with Crippen LogP contribution in [0.5, 0.6) is 5.75 Å². The van der Waals surface area contributed by atoms with E-state index in [0.717, 1.165) is 26.9 Å². The number of rotatable bonds is 7. The molecule has 0 amide bonds. The molecule has 1 N–H and O–H groups in total. The van der Waals surface area contributed by atoms with E-state index >= 15 is 0 Å². The summed E-state index contributed by atoms with van der Waals surface area (Å²) in [5.41, 5.74) is 5.85. The molecule has 0 aromatic heterocycles. The summed E-state index contributed by atoms with van der Waals surface area (Å²) in [7, 11) is 0. The minimum Gasteiger partial charge on any atom is -0.488 e. The highest BCUT2D eigenvalue weighted by Gasteiger charge is 2.04. The molecule has 0 bridgehead atoms. The van der Waals surface area contributed by atoms with E-state index in [9.17, 15) is 0 Å². The van der Waals surface area contributed by atoms with E-state index in [1.54, 1.807) is 18.3 Å². The first-order valence-electron chi connectivity index (χ1n) is 8.28. The molecule has 138 valence electrons. The predicted molar refractivity (Wildman–Crippen MR) is 116 cm³/mol. The molecule has 0 unspecified atom stereocenters. The molecule has 0 saturated heterocycles. The highest BCUT2D eigenvalue weighted by Crippen LogP contribution is 2.26. The Morgan fingerprint density at radius 3 is 2.41 bits per heavy atom. The summed E-state index contributed by atoms with van der Waals surface area (Å²) in [5.74, 6) is 0.784. The van der Waals surface area contributed by atoms with Crippen LogP contribution in [0.2, 0.25) is 10.0 Å². The minimum absolute atomic E-state index is 0.453. The molecule has 3 aromatic carbocycles. The zero-order valence-electron chi connectivity index (χ0n) is 14.3. The Morgan fingerprint density at radius 2 is 1.70 bits per heavy atom. The Morgan fingerprint density at radius 1 is 0.963 bits per heavy atom. The van der Waals surface area contributed by atoms with Gasteiger partial charge in [0.05, 0.1) is 17.2 Å². The van der Waals surface area contributed by atoms with Gasteiger partial charge in [-0.1, -0.05) is 59.6 Å². The lowest BCUT2D eigenvalue weighted by atomic mass is 10.2. The van der Waals surface area contributed by atoms with Crippen LogP contribution < -0.4 is 10.2 Å². The Labute approximate surface area is 177 Å². The quantitative estimate of drug-likeness (QED) is 0.322. The van der Waals surface area contributed by atoms with Gasteiger partial charge in [0.2, 0.25) is 0 Å². The van der Waals surface area contributed by atoms with Crippen molar-refractivity contribution in [2.45, 2.75) is 13.2 Å². The maximum Gasteiger partial charge on any atom is 0.134 e. The second-order valence-corrected chi connectivity index (χ2v) is 7.43. The molecule has 3 rings (SSSR count). The van der Waals surface area contributed by atoms with Crippen LogP contribution in [-0.4, -0.2) is 6.21 Å². The predicted octanol–water partition coefficient (Wildman–Crippen LogP) is 6.46. The van der Waals surface area contributed by atoms with Crippen LogP contribution in [0, 0.1) is 0 Å². The molecular weight excluding hydrogens is 447 g/mol. The van der Waals surface area contributed by atoms with Crippen molar-refractivity contribution in [3.63, 3.8) is 0 Å². The largest absolute Gasteiger partial charge is 0.488 e. The van der Waals surface area contributed by atoms with E-state index < -0.39 is 0 Å². The van der Waals surface area contributed by atoms with Gasteiger partial charge >= 0.3 is 0 Å². The molecule has 6 heteroatoms. The summed E-state index contributed by atoms with van der Waals surface area (Å²) < 4.78 is 6.72. The first kappa shape index (κ1) is 19.7. The first-order chi connectivity index (χ1) is 13.1. The van der Waals surface area contributed by atoms with E-state index in [1.807, 2.05) is 54.6 Å². The fourth-order valence-electron chi connectivity index (χ4n) is 2.40. The molecular formula is C21H17BrCl2N2O. The summed E-state index contributed by atoms with van der Waals surface area (Å²) in [4.78, 5) is 0. The minimum atomic E-state index is 0.453. The monoisotopic (exact) mass is 462 g/mol. The van der Waals surface area contributed by atoms with Crippen molar-refractivity contribution in [1.29, 1.82) is 0 Å². The summed E-state index contributed by atoms with van der Waals surface area (Å²) in [6.07, 6.45) is 1.73. The number of ether oxygens (including phenoxy) is 1. The van der Waals surface area contributed by atoms with Gasteiger partial charge in [0.1, 0.15) is 12.4 Å². The van der Waals surface area contributed by atoms with Gasteiger partial charge in [-0.15, -0.1) is 0 Å². The van der Waals surface area contributed by atoms with Gasteiger partial charge in [-0.25, -0.2) is 0 Å². The topological polar surface area (TPSA) is 33.6 Å². The van der Waals surface area contributed by atoms with Crippen molar-refractivity contribution in [2.75, 3.05) is 0 Å². The zero-order chi connectivity index (χ0) is 19.1. The fourth-order valence-corrected chi connectivity index (χ4v) is 3.44. The van der Waals surface area contributed by atoms with Gasteiger partial charge in [0.15, 0.2) is 0 Å². The molecule has 0 aliphatic rings. The van der Waals surface area contributed by atoms with Crippen molar-refractivity contribution in [2.24, 2.45) is 5.10 Å². The standard InChI is InChI=1S/C21H17BrCl2N2O/c22-18-11-16(9-10-21(18)27-14-15-5-2-1-3-6-15)12-25-26-13-17-19(23)7-4-8-20(17)24/h1-12,26H,13-14H2/b25-12-. The van der Waals surface area contributed by atoms with Crippen LogP contribution in [0.25, 0.3) is 0 Å². The number of nitrogens with zero attached hydrogens (tertiary/aromatic N) is 1. The third-order valence-corrected chi connectivity index (χ3v) is 5.14. The molecule has 3 aromatic rings. The van der Waals surface area contributed by atoms with Crippen LogP contribution in [0.4, 0.5) is 0 Å². The van der Waals surface area contributed by atoms with Gasteiger partial charge in [0.25, 0.3) is 0 Å². The Balaban J connectivity index is 1.56.